The molecule has 2 heterocycles. The maximum absolute atomic E-state index is 13.5. The first-order chi connectivity index (χ1) is 10.0. The molecule has 0 fully saturated rings. The molecule has 0 saturated carbocycles. The number of benzene rings is 1. The molecule has 21 heavy (non-hydrogen) atoms. The first-order valence-electron chi connectivity index (χ1n) is 5.76. The van der Waals surface area contributed by atoms with Gasteiger partial charge in [-0.2, -0.15) is 0 Å². The van der Waals surface area contributed by atoms with Crippen LogP contribution >= 0.6 is 23.1 Å². The Morgan fingerprint density at radius 3 is 2.95 bits per heavy atom. The van der Waals surface area contributed by atoms with Gasteiger partial charge >= 0.3 is 0 Å². The van der Waals surface area contributed by atoms with Crippen LogP contribution in [0, 0.1) is 11.6 Å². The third-order valence-corrected chi connectivity index (χ3v) is 4.45. The van der Waals surface area contributed by atoms with Crippen molar-refractivity contribution in [3.05, 3.63) is 45.8 Å². The highest BCUT2D eigenvalue weighted by Crippen LogP contribution is 2.24. The molecule has 0 atom stereocenters. The number of rotatable bonds is 3. The van der Waals surface area contributed by atoms with Crippen LogP contribution < -0.4 is 11.3 Å². The smallest absolute Gasteiger partial charge is 0.271 e. The number of nitrogens with one attached hydrogen (secondary N) is 1. The van der Waals surface area contributed by atoms with Crippen LogP contribution in [0.1, 0.15) is 5.56 Å². The summed E-state index contributed by atoms with van der Waals surface area (Å²) in [4.78, 5) is 22.5. The van der Waals surface area contributed by atoms with Crippen LogP contribution in [0.2, 0.25) is 0 Å². The lowest BCUT2D eigenvalue weighted by Gasteiger charge is -2.03. The van der Waals surface area contributed by atoms with Crippen molar-refractivity contribution >= 4 is 38.6 Å². The Kier molecular flexibility index (Phi) is 3.60. The predicted octanol–water partition coefficient (Wildman–Crippen LogP) is 2.53. The second-order valence-electron chi connectivity index (χ2n) is 4.08. The minimum atomic E-state index is -0.905. The number of nitrogens with two attached hydrogens (primary N) is 1. The van der Waals surface area contributed by atoms with E-state index in [9.17, 15) is 13.6 Å². The number of H-pyrrole nitrogens is 1. The Bertz CT molecular complexity index is 877. The van der Waals surface area contributed by atoms with Crippen molar-refractivity contribution in [3.8, 4) is 0 Å². The van der Waals surface area contributed by atoms with E-state index >= 15 is 0 Å². The van der Waals surface area contributed by atoms with Crippen molar-refractivity contribution in [3.63, 3.8) is 0 Å². The molecule has 0 saturated heterocycles. The standard InChI is InChI=1S/C12H8F2N4OS2/c13-6-3-1-2-5(7(6)14)4-20-12-17-9-8(10(19)18-12)21-11(15)16-9/h1-3H,4H2,(H3,15,16,17,18,19). The van der Waals surface area contributed by atoms with Crippen molar-refractivity contribution in [1.29, 1.82) is 0 Å². The second kappa shape index (κ2) is 5.41. The Morgan fingerprint density at radius 1 is 1.33 bits per heavy atom. The summed E-state index contributed by atoms with van der Waals surface area (Å²) in [6, 6.07) is 3.95. The molecule has 0 aliphatic rings. The zero-order valence-corrected chi connectivity index (χ0v) is 12.0. The molecule has 0 bridgehead atoms. The minimum absolute atomic E-state index is 0.137. The van der Waals surface area contributed by atoms with Crippen LogP contribution in [-0.2, 0) is 5.75 Å². The molecule has 108 valence electrons. The van der Waals surface area contributed by atoms with Crippen LogP contribution in [0.4, 0.5) is 13.9 Å². The molecule has 0 spiro atoms. The van der Waals surface area contributed by atoms with E-state index in [1.54, 1.807) is 0 Å². The van der Waals surface area contributed by atoms with Crippen LogP contribution in [0.15, 0.2) is 28.2 Å². The van der Waals surface area contributed by atoms with E-state index in [0.717, 1.165) is 29.2 Å². The van der Waals surface area contributed by atoms with E-state index in [2.05, 4.69) is 15.0 Å². The second-order valence-corrected chi connectivity index (χ2v) is 6.07. The minimum Gasteiger partial charge on any atom is -0.375 e. The van der Waals surface area contributed by atoms with Gasteiger partial charge in [0.05, 0.1) is 0 Å². The fourth-order valence-corrected chi connectivity index (χ4v) is 3.20. The molecule has 0 aliphatic carbocycles. The summed E-state index contributed by atoms with van der Waals surface area (Å²) in [6.07, 6.45) is 0. The number of nitrogens with zero attached hydrogens (tertiary/aromatic N) is 2. The van der Waals surface area contributed by atoms with Gasteiger partial charge in [0.1, 0.15) is 4.70 Å². The van der Waals surface area contributed by atoms with Crippen molar-refractivity contribution in [2.75, 3.05) is 5.73 Å². The SMILES string of the molecule is Nc1nc2nc(SCc3cccc(F)c3F)[nH]c(=O)c2s1. The lowest BCUT2D eigenvalue weighted by Crippen LogP contribution is -2.07. The summed E-state index contributed by atoms with van der Waals surface area (Å²) < 4.78 is 27.0. The molecule has 5 nitrogen and oxygen atoms in total. The fourth-order valence-electron chi connectivity index (χ4n) is 1.70. The number of thiazole rings is 1. The normalized spacial score (nSPS) is 11.1. The van der Waals surface area contributed by atoms with Gasteiger partial charge in [-0.3, -0.25) is 4.79 Å². The van der Waals surface area contributed by atoms with Crippen LogP contribution in [0.25, 0.3) is 10.3 Å². The molecular formula is C12H8F2N4OS2. The molecule has 9 heteroatoms. The Balaban J connectivity index is 1.88. The number of fused-ring (bicyclic) bond motifs is 1. The molecule has 3 aromatic rings. The number of aromatic nitrogens is 3. The molecule has 0 amide bonds. The van der Waals surface area contributed by atoms with Crippen LogP contribution in [-0.4, -0.2) is 15.0 Å². The molecule has 3 rings (SSSR count). The van der Waals surface area contributed by atoms with E-state index < -0.39 is 11.6 Å². The number of nitrogen functional groups attached to an aromatic ring is 1. The first kappa shape index (κ1) is 14.0. The van der Waals surface area contributed by atoms with Gasteiger partial charge in [-0.25, -0.2) is 18.7 Å². The monoisotopic (exact) mass is 326 g/mol. The van der Waals surface area contributed by atoms with E-state index in [1.165, 1.54) is 12.1 Å². The van der Waals surface area contributed by atoms with Gasteiger partial charge in [-0.1, -0.05) is 35.2 Å². The number of halogens is 2. The van der Waals surface area contributed by atoms with Crippen molar-refractivity contribution in [2.45, 2.75) is 10.9 Å². The van der Waals surface area contributed by atoms with Crippen LogP contribution in [0.3, 0.4) is 0 Å². The predicted molar refractivity (Wildman–Crippen MR) is 78.4 cm³/mol. The molecule has 2 aromatic heterocycles. The molecule has 0 unspecified atom stereocenters. The molecule has 1 aromatic carbocycles. The van der Waals surface area contributed by atoms with Gasteiger partial charge in [-0.05, 0) is 6.07 Å². The van der Waals surface area contributed by atoms with Crippen molar-refractivity contribution in [1.82, 2.24) is 15.0 Å². The maximum atomic E-state index is 13.5. The number of thioether (sulfide) groups is 1. The van der Waals surface area contributed by atoms with Gasteiger partial charge in [0.25, 0.3) is 5.56 Å². The van der Waals surface area contributed by atoms with E-state index in [0.29, 0.717) is 4.70 Å². The Morgan fingerprint density at radius 2 is 2.14 bits per heavy atom. The highest BCUT2D eigenvalue weighted by atomic mass is 32.2. The lowest BCUT2D eigenvalue weighted by molar-refractivity contribution is 0.502. The average molecular weight is 326 g/mol. The highest BCUT2D eigenvalue weighted by Gasteiger charge is 2.12. The van der Waals surface area contributed by atoms with E-state index in [4.69, 9.17) is 5.73 Å². The molecule has 0 aliphatic heterocycles. The highest BCUT2D eigenvalue weighted by molar-refractivity contribution is 7.98. The zero-order chi connectivity index (χ0) is 15.0. The fraction of sp³-hybridized carbons (Fsp3) is 0.0833. The van der Waals surface area contributed by atoms with Gasteiger partial charge < -0.3 is 10.7 Å². The Labute approximate surface area is 125 Å². The molecule has 3 N–H and O–H groups in total. The summed E-state index contributed by atoms with van der Waals surface area (Å²) in [5, 5.41) is 0.530. The third kappa shape index (κ3) is 2.74. The first-order valence-corrected chi connectivity index (χ1v) is 7.57. The number of anilines is 1. The summed E-state index contributed by atoms with van der Waals surface area (Å²) in [6.45, 7) is 0. The summed E-state index contributed by atoms with van der Waals surface area (Å²) in [5.74, 6) is -1.67. The summed E-state index contributed by atoms with van der Waals surface area (Å²) in [7, 11) is 0. The quantitative estimate of drug-likeness (QED) is 0.571. The zero-order valence-electron chi connectivity index (χ0n) is 10.4. The summed E-state index contributed by atoms with van der Waals surface area (Å²) >= 11 is 2.13. The van der Waals surface area contributed by atoms with Gasteiger partial charge in [0, 0.05) is 11.3 Å². The van der Waals surface area contributed by atoms with Crippen molar-refractivity contribution < 1.29 is 8.78 Å². The molecule has 0 radical (unpaired) electrons. The maximum Gasteiger partial charge on any atom is 0.271 e. The van der Waals surface area contributed by atoms with Crippen molar-refractivity contribution in [2.24, 2.45) is 0 Å². The topological polar surface area (TPSA) is 84.7 Å². The lowest BCUT2D eigenvalue weighted by atomic mass is 10.2. The summed E-state index contributed by atoms with van der Waals surface area (Å²) in [5.41, 5.74) is 5.63. The number of aromatic amines is 1. The largest absolute Gasteiger partial charge is 0.375 e. The Hall–Kier alpha value is -2.00. The van der Waals surface area contributed by atoms with Gasteiger partial charge in [-0.15, -0.1) is 0 Å². The van der Waals surface area contributed by atoms with Gasteiger partial charge in [0.2, 0.25) is 0 Å². The number of hydrogen-bond acceptors (Lipinski definition) is 6. The van der Waals surface area contributed by atoms with Gasteiger partial charge in [0.15, 0.2) is 27.6 Å². The average Bonchev–Trinajstić information content (AvgIpc) is 2.81. The molecular weight excluding hydrogens is 318 g/mol. The third-order valence-electron chi connectivity index (χ3n) is 2.66. The van der Waals surface area contributed by atoms with E-state index in [-0.39, 0.29) is 32.8 Å². The van der Waals surface area contributed by atoms with Crippen LogP contribution in [0.5, 0.6) is 0 Å². The van der Waals surface area contributed by atoms with E-state index in [1.807, 2.05) is 0 Å². The number of hydrogen-bond donors (Lipinski definition) is 2.